The molecule has 0 atom stereocenters. The molecule has 1 aromatic rings. The van der Waals surface area contributed by atoms with Gasteiger partial charge in [-0.2, -0.15) is 0 Å². The van der Waals surface area contributed by atoms with Gasteiger partial charge in [0.15, 0.2) is 5.96 Å². The number of amides is 2. The van der Waals surface area contributed by atoms with Crippen LogP contribution >= 0.6 is 11.6 Å². The highest BCUT2D eigenvalue weighted by Crippen LogP contribution is 2.14. The smallest absolute Gasteiger partial charge is 0.242 e. The van der Waals surface area contributed by atoms with Crippen LogP contribution in [0.3, 0.4) is 0 Å². The summed E-state index contributed by atoms with van der Waals surface area (Å²) in [5, 5.41) is 3.95. The number of nitrogens with zero attached hydrogens (tertiary/aromatic N) is 4. The fourth-order valence-corrected chi connectivity index (χ4v) is 3.80. The van der Waals surface area contributed by atoms with Crippen molar-refractivity contribution in [1.82, 2.24) is 20.0 Å². The highest BCUT2D eigenvalue weighted by Gasteiger charge is 2.26. The van der Waals surface area contributed by atoms with E-state index >= 15 is 0 Å². The fraction of sp³-hybridized carbons (Fsp3) is 0.571. The van der Waals surface area contributed by atoms with E-state index in [9.17, 15) is 9.59 Å². The minimum absolute atomic E-state index is 0.0740. The highest BCUT2D eigenvalue weighted by molar-refractivity contribution is 6.30. The molecule has 8 heteroatoms. The summed E-state index contributed by atoms with van der Waals surface area (Å²) in [7, 11) is 0. The topological polar surface area (TPSA) is 68.2 Å². The van der Waals surface area contributed by atoms with Gasteiger partial charge in [0.1, 0.15) is 0 Å². The third-order valence-corrected chi connectivity index (χ3v) is 5.54. The molecule has 2 aliphatic rings. The third kappa shape index (κ3) is 6.10. The molecule has 0 radical (unpaired) electrons. The van der Waals surface area contributed by atoms with Crippen LogP contribution < -0.4 is 5.32 Å². The van der Waals surface area contributed by atoms with Gasteiger partial charge < -0.3 is 20.0 Å². The second-order valence-corrected chi connectivity index (χ2v) is 7.87. The van der Waals surface area contributed by atoms with E-state index < -0.39 is 0 Å². The minimum atomic E-state index is 0.0740. The van der Waals surface area contributed by atoms with Gasteiger partial charge in [0, 0.05) is 50.7 Å². The van der Waals surface area contributed by atoms with E-state index in [1.807, 2.05) is 45.9 Å². The van der Waals surface area contributed by atoms with Crippen LogP contribution in [0, 0.1) is 0 Å². The summed E-state index contributed by atoms with van der Waals surface area (Å²) in [5.74, 6) is 0.956. The third-order valence-electron chi connectivity index (χ3n) is 5.29. The predicted molar refractivity (Wildman–Crippen MR) is 115 cm³/mol. The van der Waals surface area contributed by atoms with Gasteiger partial charge in [0.05, 0.1) is 13.1 Å². The summed E-state index contributed by atoms with van der Waals surface area (Å²) in [6.07, 6.45) is 2.61. The largest absolute Gasteiger partial charge is 0.357 e. The molecular formula is C21H30ClN5O2. The van der Waals surface area contributed by atoms with Gasteiger partial charge in [0.25, 0.3) is 0 Å². The molecule has 2 amide bonds. The van der Waals surface area contributed by atoms with Crippen LogP contribution in [0.5, 0.6) is 0 Å². The highest BCUT2D eigenvalue weighted by atomic mass is 35.5. The number of carbonyl (C=O) groups excluding carboxylic acids is 2. The Morgan fingerprint density at radius 3 is 2.48 bits per heavy atom. The first kappa shape index (κ1) is 21.4. The van der Waals surface area contributed by atoms with Crippen molar-refractivity contribution in [1.29, 1.82) is 0 Å². The number of benzene rings is 1. The number of guanidine groups is 1. The monoisotopic (exact) mass is 419 g/mol. The van der Waals surface area contributed by atoms with Crippen molar-refractivity contribution in [3.8, 4) is 0 Å². The Bertz CT molecular complexity index is 731. The number of piperazine rings is 1. The van der Waals surface area contributed by atoms with Crippen LogP contribution in [-0.2, 0) is 16.1 Å². The molecule has 1 aromatic carbocycles. The van der Waals surface area contributed by atoms with E-state index in [0.717, 1.165) is 38.0 Å². The summed E-state index contributed by atoms with van der Waals surface area (Å²) in [6, 6.07) is 7.59. The number of carbonyl (C=O) groups is 2. The van der Waals surface area contributed by atoms with Crippen LogP contribution in [-0.4, -0.2) is 78.3 Å². The molecular weight excluding hydrogens is 390 g/mol. The SMILES string of the molecule is CCNC(=NCCC(=O)N1CCCC1)N1CCN(Cc2ccc(Cl)cc2)C(=O)C1. The molecule has 3 rings (SSSR count). The molecule has 0 aromatic heterocycles. The average Bonchev–Trinajstić information content (AvgIpc) is 3.25. The maximum atomic E-state index is 12.7. The van der Waals surface area contributed by atoms with Gasteiger partial charge in [0.2, 0.25) is 11.8 Å². The fourth-order valence-electron chi connectivity index (χ4n) is 3.67. The summed E-state index contributed by atoms with van der Waals surface area (Å²) < 4.78 is 0. The van der Waals surface area contributed by atoms with Crippen molar-refractivity contribution in [2.75, 3.05) is 45.8 Å². The zero-order valence-electron chi connectivity index (χ0n) is 17.1. The van der Waals surface area contributed by atoms with Crippen molar-refractivity contribution in [2.45, 2.75) is 32.7 Å². The molecule has 29 heavy (non-hydrogen) atoms. The lowest BCUT2D eigenvalue weighted by Crippen LogP contribution is -2.55. The van der Waals surface area contributed by atoms with Crippen molar-refractivity contribution < 1.29 is 9.59 Å². The lowest BCUT2D eigenvalue weighted by Gasteiger charge is -2.36. The molecule has 0 aliphatic carbocycles. The zero-order valence-corrected chi connectivity index (χ0v) is 17.8. The Morgan fingerprint density at radius 1 is 1.10 bits per heavy atom. The predicted octanol–water partition coefficient (Wildman–Crippen LogP) is 1.96. The Morgan fingerprint density at radius 2 is 1.83 bits per heavy atom. The summed E-state index contributed by atoms with van der Waals surface area (Å²) in [4.78, 5) is 35.2. The van der Waals surface area contributed by atoms with E-state index in [2.05, 4.69) is 10.3 Å². The summed E-state index contributed by atoms with van der Waals surface area (Å²) in [5.41, 5.74) is 1.07. The molecule has 158 valence electrons. The normalized spacial score (nSPS) is 17.8. The summed E-state index contributed by atoms with van der Waals surface area (Å²) >= 11 is 5.93. The Labute approximate surface area is 177 Å². The van der Waals surface area contributed by atoms with E-state index in [1.165, 1.54) is 0 Å². The lowest BCUT2D eigenvalue weighted by atomic mass is 10.2. The number of nitrogens with one attached hydrogen (secondary N) is 1. The Kier molecular flexibility index (Phi) is 7.75. The van der Waals surface area contributed by atoms with Gasteiger partial charge in [-0.3, -0.25) is 14.6 Å². The van der Waals surface area contributed by atoms with Crippen LogP contribution in [0.1, 0.15) is 31.7 Å². The lowest BCUT2D eigenvalue weighted by molar-refractivity contribution is -0.135. The minimum Gasteiger partial charge on any atom is -0.357 e. The second kappa shape index (κ2) is 10.5. The van der Waals surface area contributed by atoms with Gasteiger partial charge >= 0.3 is 0 Å². The number of rotatable bonds is 6. The summed E-state index contributed by atoms with van der Waals surface area (Å²) in [6.45, 7) is 7.13. The molecule has 2 heterocycles. The molecule has 2 fully saturated rings. The maximum Gasteiger partial charge on any atom is 0.242 e. The standard InChI is InChI=1S/C21H30ClN5O2/c1-2-23-21(24-10-9-19(28)25-11-3-4-12-25)27-14-13-26(20(29)16-27)15-17-5-7-18(22)8-6-17/h5-8H,2-4,9-16H2,1H3,(H,23,24). The van der Waals surface area contributed by atoms with E-state index in [-0.39, 0.29) is 11.8 Å². The van der Waals surface area contributed by atoms with Crippen molar-refractivity contribution in [3.05, 3.63) is 34.9 Å². The molecule has 1 N–H and O–H groups in total. The zero-order chi connectivity index (χ0) is 20.6. The van der Waals surface area contributed by atoms with E-state index in [4.69, 9.17) is 11.6 Å². The number of halogens is 1. The van der Waals surface area contributed by atoms with Gasteiger partial charge in [-0.1, -0.05) is 23.7 Å². The molecule has 2 saturated heterocycles. The second-order valence-electron chi connectivity index (χ2n) is 7.44. The maximum absolute atomic E-state index is 12.7. The number of aliphatic imine (C=N–C) groups is 1. The molecule has 0 spiro atoms. The molecule has 2 aliphatic heterocycles. The van der Waals surface area contributed by atoms with Crippen molar-refractivity contribution in [3.63, 3.8) is 0 Å². The van der Waals surface area contributed by atoms with Gasteiger partial charge in [-0.15, -0.1) is 0 Å². The Balaban J connectivity index is 1.52. The van der Waals surface area contributed by atoms with Gasteiger partial charge in [-0.25, -0.2) is 0 Å². The molecule has 7 nitrogen and oxygen atoms in total. The number of hydrogen-bond donors (Lipinski definition) is 1. The van der Waals surface area contributed by atoms with Crippen LogP contribution in [0.25, 0.3) is 0 Å². The number of hydrogen-bond acceptors (Lipinski definition) is 3. The van der Waals surface area contributed by atoms with Gasteiger partial charge in [-0.05, 0) is 37.5 Å². The quantitative estimate of drug-likeness (QED) is 0.565. The molecule has 0 unspecified atom stereocenters. The van der Waals surface area contributed by atoms with Crippen LogP contribution in [0.4, 0.5) is 0 Å². The van der Waals surface area contributed by atoms with E-state index in [0.29, 0.717) is 50.1 Å². The first-order valence-corrected chi connectivity index (χ1v) is 10.8. The first-order valence-electron chi connectivity index (χ1n) is 10.4. The van der Waals surface area contributed by atoms with Crippen molar-refractivity contribution in [2.24, 2.45) is 4.99 Å². The molecule has 0 saturated carbocycles. The average molecular weight is 420 g/mol. The van der Waals surface area contributed by atoms with E-state index in [1.54, 1.807) is 0 Å². The molecule has 0 bridgehead atoms. The van der Waals surface area contributed by atoms with Crippen LogP contribution in [0.2, 0.25) is 5.02 Å². The number of likely N-dealkylation sites (tertiary alicyclic amines) is 1. The first-order chi connectivity index (χ1) is 14.1. The Hall–Kier alpha value is -2.28. The van der Waals surface area contributed by atoms with Crippen LogP contribution in [0.15, 0.2) is 29.3 Å². The van der Waals surface area contributed by atoms with Crippen molar-refractivity contribution >= 4 is 29.4 Å².